The summed E-state index contributed by atoms with van der Waals surface area (Å²) < 4.78 is 2.16. The summed E-state index contributed by atoms with van der Waals surface area (Å²) in [5.74, 6) is 0. The highest BCUT2D eigenvalue weighted by molar-refractivity contribution is 4.81. The molecule has 0 radical (unpaired) electrons. The Bertz CT molecular complexity index is 315. The summed E-state index contributed by atoms with van der Waals surface area (Å²) in [7, 11) is 4.36. The quantitative estimate of drug-likeness (QED) is 0.835. The van der Waals surface area contributed by atoms with E-state index in [0.717, 1.165) is 18.6 Å². The Morgan fingerprint density at radius 1 is 1.33 bits per heavy atom. The lowest BCUT2D eigenvalue weighted by Crippen LogP contribution is -2.40. The SMILES string of the molecule is CNC1CCC(N(C)CCCn2ccnc2)CC1. The van der Waals surface area contributed by atoms with Crippen LogP contribution in [-0.2, 0) is 6.54 Å². The van der Waals surface area contributed by atoms with E-state index in [1.165, 1.54) is 38.6 Å². The van der Waals surface area contributed by atoms with Crippen LogP contribution in [0.1, 0.15) is 32.1 Å². The second kappa shape index (κ2) is 6.90. The summed E-state index contributed by atoms with van der Waals surface area (Å²) in [4.78, 5) is 6.61. The van der Waals surface area contributed by atoms with Crippen molar-refractivity contribution in [1.82, 2.24) is 19.8 Å². The summed E-state index contributed by atoms with van der Waals surface area (Å²) in [5.41, 5.74) is 0. The highest BCUT2D eigenvalue weighted by atomic mass is 15.1. The highest BCUT2D eigenvalue weighted by Gasteiger charge is 2.22. The minimum atomic E-state index is 0.751. The molecular formula is C14H26N4. The number of nitrogens with one attached hydrogen (secondary N) is 1. The van der Waals surface area contributed by atoms with Crippen LogP contribution in [0, 0.1) is 0 Å². The molecule has 2 rings (SSSR count). The van der Waals surface area contributed by atoms with Gasteiger partial charge in [0, 0.05) is 31.0 Å². The molecule has 1 aromatic rings. The van der Waals surface area contributed by atoms with E-state index in [9.17, 15) is 0 Å². The summed E-state index contributed by atoms with van der Waals surface area (Å²) in [5, 5.41) is 3.40. The predicted molar refractivity (Wildman–Crippen MR) is 74.6 cm³/mol. The maximum absolute atomic E-state index is 4.07. The van der Waals surface area contributed by atoms with E-state index >= 15 is 0 Å². The lowest BCUT2D eigenvalue weighted by atomic mass is 9.90. The van der Waals surface area contributed by atoms with Crippen molar-refractivity contribution in [2.45, 2.75) is 50.7 Å². The molecule has 1 fully saturated rings. The Balaban J connectivity index is 1.64. The second-order valence-electron chi connectivity index (χ2n) is 5.43. The first kappa shape index (κ1) is 13.6. The van der Waals surface area contributed by atoms with Crippen LogP contribution in [0.15, 0.2) is 18.7 Å². The first-order valence-corrected chi connectivity index (χ1v) is 7.13. The second-order valence-corrected chi connectivity index (χ2v) is 5.43. The van der Waals surface area contributed by atoms with Gasteiger partial charge in [-0.05, 0) is 52.7 Å². The Hall–Kier alpha value is -0.870. The van der Waals surface area contributed by atoms with Gasteiger partial charge in [0.1, 0.15) is 0 Å². The van der Waals surface area contributed by atoms with Gasteiger partial charge in [0.15, 0.2) is 0 Å². The average molecular weight is 250 g/mol. The van der Waals surface area contributed by atoms with Gasteiger partial charge in [-0.15, -0.1) is 0 Å². The molecule has 0 spiro atoms. The normalized spacial score (nSPS) is 24.6. The standard InChI is InChI=1S/C14H26N4/c1-15-13-4-6-14(7-5-13)17(2)9-3-10-18-11-8-16-12-18/h8,11-15H,3-7,9-10H2,1-2H3. The zero-order chi connectivity index (χ0) is 12.8. The fourth-order valence-corrected chi connectivity index (χ4v) is 2.91. The van der Waals surface area contributed by atoms with Gasteiger partial charge in [-0.25, -0.2) is 4.98 Å². The third-order valence-corrected chi connectivity index (χ3v) is 4.21. The van der Waals surface area contributed by atoms with Gasteiger partial charge in [-0.1, -0.05) is 0 Å². The van der Waals surface area contributed by atoms with Gasteiger partial charge < -0.3 is 14.8 Å². The summed E-state index contributed by atoms with van der Waals surface area (Å²) in [6.45, 7) is 2.27. The summed E-state index contributed by atoms with van der Waals surface area (Å²) in [6.07, 6.45) is 12.3. The molecule has 1 aliphatic rings. The molecule has 0 unspecified atom stereocenters. The van der Waals surface area contributed by atoms with Crippen LogP contribution >= 0.6 is 0 Å². The molecule has 4 nitrogen and oxygen atoms in total. The van der Waals surface area contributed by atoms with Crippen LogP contribution in [0.4, 0.5) is 0 Å². The van der Waals surface area contributed by atoms with Gasteiger partial charge in [0.25, 0.3) is 0 Å². The molecular weight excluding hydrogens is 224 g/mol. The van der Waals surface area contributed by atoms with E-state index in [1.807, 2.05) is 18.7 Å². The molecule has 18 heavy (non-hydrogen) atoms. The molecule has 1 N–H and O–H groups in total. The minimum Gasteiger partial charge on any atom is -0.337 e. The Morgan fingerprint density at radius 3 is 2.72 bits per heavy atom. The van der Waals surface area contributed by atoms with Crippen LogP contribution in [0.2, 0.25) is 0 Å². The minimum absolute atomic E-state index is 0.751. The zero-order valence-electron chi connectivity index (χ0n) is 11.7. The molecule has 1 heterocycles. The van der Waals surface area contributed by atoms with Crippen molar-refractivity contribution in [1.29, 1.82) is 0 Å². The topological polar surface area (TPSA) is 33.1 Å². The number of aryl methyl sites for hydroxylation is 1. The Morgan fingerprint density at radius 2 is 2.11 bits per heavy atom. The first-order chi connectivity index (χ1) is 8.79. The van der Waals surface area contributed by atoms with Crippen molar-refractivity contribution in [3.8, 4) is 0 Å². The molecule has 102 valence electrons. The van der Waals surface area contributed by atoms with Crippen molar-refractivity contribution in [3.05, 3.63) is 18.7 Å². The zero-order valence-corrected chi connectivity index (χ0v) is 11.7. The van der Waals surface area contributed by atoms with E-state index in [4.69, 9.17) is 0 Å². The lowest BCUT2D eigenvalue weighted by molar-refractivity contribution is 0.173. The average Bonchev–Trinajstić information content (AvgIpc) is 2.92. The smallest absolute Gasteiger partial charge is 0.0945 e. The number of hydrogen-bond donors (Lipinski definition) is 1. The van der Waals surface area contributed by atoms with Crippen molar-refractivity contribution < 1.29 is 0 Å². The fourth-order valence-electron chi connectivity index (χ4n) is 2.91. The molecule has 0 saturated heterocycles. The number of rotatable bonds is 6. The van der Waals surface area contributed by atoms with E-state index in [0.29, 0.717) is 0 Å². The van der Waals surface area contributed by atoms with Crippen molar-refractivity contribution >= 4 is 0 Å². The maximum atomic E-state index is 4.07. The van der Waals surface area contributed by atoms with Gasteiger partial charge >= 0.3 is 0 Å². The molecule has 0 bridgehead atoms. The van der Waals surface area contributed by atoms with Crippen molar-refractivity contribution in [2.75, 3.05) is 20.6 Å². The number of imidazole rings is 1. The number of hydrogen-bond acceptors (Lipinski definition) is 3. The molecule has 0 atom stereocenters. The molecule has 1 aromatic heterocycles. The van der Waals surface area contributed by atoms with E-state index < -0.39 is 0 Å². The molecule has 1 aliphatic carbocycles. The van der Waals surface area contributed by atoms with Crippen molar-refractivity contribution in [3.63, 3.8) is 0 Å². The molecule has 0 aromatic carbocycles. The number of aromatic nitrogens is 2. The Labute approximate surface area is 110 Å². The van der Waals surface area contributed by atoms with Crippen LogP contribution in [-0.4, -0.2) is 47.2 Å². The van der Waals surface area contributed by atoms with Gasteiger partial charge in [-0.3, -0.25) is 0 Å². The van der Waals surface area contributed by atoms with Crippen LogP contribution in [0.3, 0.4) is 0 Å². The summed E-state index contributed by atoms with van der Waals surface area (Å²) >= 11 is 0. The fraction of sp³-hybridized carbons (Fsp3) is 0.786. The highest BCUT2D eigenvalue weighted by Crippen LogP contribution is 2.22. The molecule has 1 saturated carbocycles. The van der Waals surface area contributed by atoms with E-state index in [1.54, 1.807) is 0 Å². The van der Waals surface area contributed by atoms with Crippen LogP contribution in [0.5, 0.6) is 0 Å². The summed E-state index contributed by atoms with van der Waals surface area (Å²) in [6, 6.07) is 1.54. The number of nitrogens with zero attached hydrogens (tertiary/aromatic N) is 3. The molecule has 4 heteroatoms. The lowest BCUT2D eigenvalue weighted by Gasteiger charge is -2.34. The van der Waals surface area contributed by atoms with Gasteiger partial charge in [0.05, 0.1) is 6.33 Å². The Kier molecular flexibility index (Phi) is 5.20. The van der Waals surface area contributed by atoms with Gasteiger partial charge in [-0.2, -0.15) is 0 Å². The monoisotopic (exact) mass is 250 g/mol. The van der Waals surface area contributed by atoms with Crippen LogP contribution < -0.4 is 5.32 Å². The van der Waals surface area contributed by atoms with E-state index in [2.05, 4.69) is 33.9 Å². The first-order valence-electron chi connectivity index (χ1n) is 7.13. The third-order valence-electron chi connectivity index (χ3n) is 4.21. The van der Waals surface area contributed by atoms with Gasteiger partial charge in [0.2, 0.25) is 0 Å². The van der Waals surface area contributed by atoms with Crippen LogP contribution in [0.25, 0.3) is 0 Å². The predicted octanol–water partition coefficient (Wildman–Crippen LogP) is 1.74. The molecule has 0 amide bonds. The van der Waals surface area contributed by atoms with E-state index in [-0.39, 0.29) is 0 Å². The van der Waals surface area contributed by atoms with Crippen molar-refractivity contribution in [2.24, 2.45) is 0 Å². The largest absolute Gasteiger partial charge is 0.337 e. The maximum Gasteiger partial charge on any atom is 0.0945 e. The third kappa shape index (κ3) is 3.82. The molecule has 0 aliphatic heterocycles.